The van der Waals surface area contributed by atoms with Crippen LogP contribution in [0.5, 0.6) is 0 Å². The SMILES string of the molecule is CC(C)(C)OC(=O)N1CC[C@@H]([S@](=O)c2ccc(Cl)nn2)C1. The maximum absolute atomic E-state index is 12.4. The lowest BCUT2D eigenvalue weighted by Gasteiger charge is -2.24. The summed E-state index contributed by atoms with van der Waals surface area (Å²) in [6.45, 7) is 6.39. The molecule has 1 aromatic heterocycles. The molecule has 0 spiro atoms. The molecule has 21 heavy (non-hydrogen) atoms. The molecule has 8 heteroatoms. The van der Waals surface area contributed by atoms with Crippen LogP contribution in [-0.4, -0.2) is 49.3 Å². The van der Waals surface area contributed by atoms with E-state index in [0.717, 1.165) is 0 Å². The van der Waals surface area contributed by atoms with Gasteiger partial charge in [0, 0.05) is 13.1 Å². The van der Waals surface area contributed by atoms with Crippen molar-refractivity contribution >= 4 is 28.5 Å². The van der Waals surface area contributed by atoms with Crippen LogP contribution in [0.25, 0.3) is 0 Å². The molecule has 2 rings (SSSR count). The van der Waals surface area contributed by atoms with Gasteiger partial charge >= 0.3 is 6.09 Å². The van der Waals surface area contributed by atoms with Gasteiger partial charge in [-0.2, -0.15) is 0 Å². The Kier molecular flexibility index (Phi) is 4.83. The first-order chi connectivity index (χ1) is 9.76. The van der Waals surface area contributed by atoms with Gasteiger partial charge in [-0.05, 0) is 39.3 Å². The molecule has 1 aliphatic rings. The molecular weight excluding hydrogens is 314 g/mol. The van der Waals surface area contributed by atoms with E-state index in [4.69, 9.17) is 16.3 Å². The first-order valence-corrected chi connectivity index (χ1v) is 8.23. The van der Waals surface area contributed by atoms with E-state index in [2.05, 4.69) is 10.2 Å². The lowest BCUT2D eigenvalue weighted by Crippen LogP contribution is -2.36. The Morgan fingerprint density at radius 2 is 2.14 bits per heavy atom. The average molecular weight is 332 g/mol. The molecule has 0 radical (unpaired) electrons. The van der Waals surface area contributed by atoms with Gasteiger partial charge in [-0.25, -0.2) is 4.79 Å². The Balaban J connectivity index is 1.97. The van der Waals surface area contributed by atoms with Gasteiger partial charge in [-0.15, -0.1) is 10.2 Å². The molecule has 0 saturated carbocycles. The highest BCUT2D eigenvalue weighted by molar-refractivity contribution is 7.85. The zero-order valence-electron chi connectivity index (χ0n) is 12.2. The van der Waals surface area contributed by atoms with Gasteiger partial charge in [-0.3, -0.25) is 4.21 Å². The number of hydrogen-bond acceptors (Lipinski definition) is 5. The fourth-order valence-electron chi connectivity index (χ4n) is 1.98. The predicted molar refractivity (Wildman–Crippen MR) is 79.7 cm³/mol. The lowest BCUT2D eigenvalue weighted by molar-refractivity contribution is 0.0295. The summed E-state index contributed by atoms with van der Waals surface area (Å²) in [6, 6.07) is 3.16. The first kappa shape index (κ1) is 16.2. The Bertz CT molecular complexity index is 545. The number of aromatic nitrogens is 2. The summed E-state index contributed by atoms with van der Waals surface area (Å²) in [5, 5.41) is 8.01. The van der Waals surface area contributed by atoms with Gasteiger partial charge in [0.15, 0.2) is 5.15 Å². The second kappa shape index (κ2) is 6.27. The fraction of sp³-hybridized carbons (Fsp3) is 0.615. The molecule has 2 heterocycles. The minimum atomic E-state index is -1.31. The van der Waals surface area contributed by atoms with Crippen LogP contribution in [0.1, 0.15) is 27.2 Å². The molecule has 0 aromatic carbocycles. The van der Waals surface area contributed by atoms with Crippen LogP contribution < -0.4 is 0 Å². The third-order valence-electron chi connectivity index (χ3n) is 2.91. The minimum Gasteiger partial charge on any atom is -0.444 e. The number of amides is 1. The van der Waals surface area contributed by atoms with Crippen molar-refractivity contribution in [2.75, 3.05) is 13.1 Å². The molecule has 0 N–H and O–H groups in total. The molecule has 2 atom stereocenters. The zero-order chi connectivity index (χ0) is 15.6. The van der Waals surface area contributed by atoms with E-state index in [1.807, 2.05) is 20.8 Å². The smallest absolute Gasteiger partial charge is 0.410 e. The number of likely N-dealkylation sites (tertiary alicyclic amines) is 1. The number of ether oxygens (including phenoxy) is 1. The van der Waals surface area contributed by atoms with E-state index < -0.39 is 16.4 Å². The van der Waals surface area contributed by atoms with Crippen LogP contribution in [0, 0.1) is 0 Å². The van der Waals surface area contributed by atoms with Gasteiger partial charge in [0.1, 0.15) is 10.6 Å². The summed E-state index contributed by atoms with van der Waals surface area (Å²) < 4.78 is 17.7. The summed E-state index contributed by atoms with van der Waals surface area (Å²) in [5.41, 5.74) is -0.532. The van der Waals surface area contributed by atoms with Crippen molar-refractivity contribution in [3.8, 4) is 0 Å². The first-order valence-electron chi connectivity index (χ1n) is 6.64. The highest BCUT2D eigenvalue weighted by Gasteiger charge is 2.33. The minimum absolute atomic E-state index is 0.159. The Labute approximate surface area is 131 Å². The highest BCUT2D eigenvalue weighted by atomic mass is 35.5. The number of nitrogens with zero attached hydrogens (tertiary/aromatic N) is 3. The number of carbonyl (C=O) groups is 1. The maximum Gasteiger partial charge on any atom is 0.410 e. The second-order valence-corrected chi connectivity index (χ2v) is 7.90. The van der Waals surface area contributed by atoms with Crippen molar-refractivity contribution in [3.63, 3.8) is 0 Å². The van der Waals surface area contributed by atoms with E-state index in [9.17, 15) is 9.00 Å². The largest absolute Gasteiger partial charge is 0.444 e. The van der Waals surface area contributed by atoms with Crippen molar-refractivity contribution in [1.29, 1.82) is 0 Å². The molecule has 1 amide bonds. The standard InChI is InChI=1S/C13H18ClN3O3S/c1-13(2,3)20-12(18)17-7-6-9(8-17)21(19)11-5-4-10(14)15-16-11/h4-5,9H,6-8H2,1-3H3/t9-,21+/m1/s1. The molecule has 1 fully saturated rings. The summed E-state index contributed by atoms with van der Waals surface area (Å²) in [5.74, 6) is 0. The van der Waals surface area contributed by atoms with Gasteiger partial charge in [0.05, 0.1) is 16.0 Å². The molecule has 116 valence electrons. The van der Waals surface area contributed by atoms with Crippen LogP contribution >= 0.6 is 11.6 Å². The molecular formula is C13H18ClN3O3S. The van der Waals surface area contributed by atoms with Crippen LogP contribution in [0.15, 0.2) is 17.2 Å². The third-order valence-corrected chi connectivity index (χ3v) is 4.73. The van der Waals surface area contributed by atoms with Crippen LogP contribution in [0.2, 0.25) is 5.15 Å². The molecule has 6 nitrogen and oxygen atoms in total. The topological polar surface area (TPSA) is 72.4 Å². The van der Waals surface area contributed by atoms with Crippen molar-refractivity contribution < 1.29 is 13.7 Å². The maximum atomic E-state index is 12.4. The monoisotopic (exact) mass is 331 g/mol. The van der Waals surface area contributed by atoms with Crippen LogP contribution in [0.3, 0.4) is 0 Å². The summed E-state index contributed by atoms with van der Waals surface area (Å²) in [4.78, 5) is 13.6. The Morgan fingerprint density at radius 1 is 1.43 bits per heavy atom. The van der Waals surface area contributed by atoms with E-state index in [1.54, 1.807) is 17.0 Å². The van der Waals surface area contributed by atoms with E-state index in [0.29, 0.717) is 24.5 Å². The number of rotatable bonds is 2. The van der Waals surface area contributed by atoms with E-state index in [-0.39, 0.29) is 16.5 Å². The Morgan fingerprint density at radius 3 is 2.71 bits per heavy atom. The molecule has 1 aromatic rings. The molecule has 0 bridgehead atoms. The lowest BCUT2D eigenvalue weighted by atomic mass is 10.2. The molecule has 1 saturated heterocycles. The normalized spacial score (nSPS) is 20.4. The number of halogens is 1. The molecule has 0 aliphatic carbocycles. The number of hydrogen-bond donors (Lipinski definition) is 0. The van der Waals surface area contributed by atoms with Crippen LogP contribution in [0.4, 0.5) is 4.79 Å². The third kappa shape index (κ3) is 4.38. The van der Waals surface area contributed by atoms with Crippen LogP contribution in [-0.2, 0) is 15.5 Å². The summed E-state index contributed by atoms with van der Waals surface area (Å²) >= 11 is 5.66. The van der Waals surface area contributed by atoms with Gasteiger partial charge < -0.3 is 9.64 Å². The Hall–Kier alpha value is -1.21. The number of carbonyl (C=O) groups excluding carboxylic acids is 1. The van der Waals surface area contributed by atoms with Crippen molar-refractivity contribution in [3.05, 3.63) is 17.3 Å². The zero-order valence-corrected chi connectivity index (χ0v) is 13.8. The van der Waals surface area contributed by atoms with E-state index in [1.165, 1.54) is 0 Å². The quantitative estimate of drug-likeness (QED) is 0.831. The van der Waals surface area contributed by atoms with E-state index >= 15 is 0 Å². The summed E-state index contributed by atoms with van der Waals surface area (Å²) in [6.07, 6.45) is 0.278. The van der Waals surface area contributed by atoms with Crippen molar-refractivity contribution in [2.45, 2.75) is 43.1 Å². The fourth-order valence-corrected chi connectivity index (χ4v) is 3.38. The summed E-state index contributed by atoms with van der Waals surface area (Å²) in [7, 11) is -1.31. The van der Waals surface area contributed by atoms with Gasteiger partial charge in [0.2, 0.25) is 0 Å². The average Bonchev–Trinajstić information content (AvgIpc) is 2.86. The molecule has 0 unspecified atom stereocenters. The van der Waals surface area contributed by atoms with Gasteiger partial charge in [0.25, 0.3) is 0 Å². The highest BCUT2D eigenvalue weighted by Crippen LogP contribution is 2.21. The van der Waals surface area contributed by atoms with Crippen molar-refractivity contribution in [1.82, 2.24) is 15.1 Å². The predicted octanol–water partition coefficient (Wildman–Crippen LogP) is 2.25. The van der Waals surface area contributed by atoms with Gasteiger partial charge in [-0.1, -0.05) is 11.6 Å². The van der Waals surface area contributed by atoms with Crippen molar-refractivity contribution in [2.24, 2.45) is 0 Å². The second-order valence-electron chi connectivity index (χ2n) is 5.83. The molecule has 1 aliphatic heterocycles.